The molecular weight excluding hydrogens is 444 g/mol. The highest BCUT2D eigenvalue weighted by molar-refractivity contribution is 5.80. The summed E-state index contributed by atoms with van der Waals surface area (Å²) in [6.07, 6.45) is 3.65. The number of ether oxygens (including phenoxy) is 1. The number of benzene rings is 2. The first kappa shape index (κ1) is 24.8. The van der Waals surface area contributed by atoms with Crippen molar-refractivity contribution < 1.29 is 24.2 Å². The molecule has 2 aromatic carbocycles. The van der Waals surface area contributed by atoms with Gasteiger partial charge in [-0.15, -0.1) is 0 Å². The van der Waals surface area contributed by atoms with Crippen molar-refractivity contribution in [2.45, 2.75) is 69.9 Å². The maximum absolute atomic E-state index is 12.7. The fraction of sp³-hybridized carbons (Fsp3) is 0.464. The number of carbonyl (C=O) groups excluding carboxylic acids is 2. The lowest BCUT2D eigenvalue weighted by Gasteiger charge is -2.27. The summed E-state index contributed by atoms with van der Waals surface area (Å²) >= 11 is 0. The summed E-state index contributed by atoms with van der Waals surface area (Å²) in [6.45, 7) is 2.25. The molecule has 3 N–H and O–H groups in total. The van der Waals surface area contributed by atoms with Gasteiger partial charge < -0.3 is 20.5 Å². The predicted molar refractivity (Wildman–Crippen MR) is 133 cm³/mol. The molecule has 0 bridgehead atoms. The molecule has 1 saturated carbocycles. The van der Waals surface area contributed by atoms with Crippen LogP contribution in [-0.2, 0) is 14.3 Å². The van der Waals surface area contributed by atoms with Crippen molar-refractivity contribution in [1.29, 1.82) is 0 Å². The molecule has 4 rings (SSSR count). The van der Waals surface area contributed by atoms with Gasteiger partial charge in [0.2, 0.25) is 5.91 Å². The minimum Gasteiger partial charge on any atom is -0.481 e. The Balaban J connectivity index is 1.28. The van der Waals surface area contributed by atoms with Gasteiger partial charge in [0.15, 0.2) is 0 Å². The van der Waals surface area contributed by atoms with Crippen LogP contribution in [-0.4, -0.2) is 41.8 Å². The summed E-state index contributed by atoms with van der Waals surface area (Å²) in [4.78, 5) is 36.4. The summed E-state index contributed by atoms with van der Waals surface area (Å²) in [5.74, 6) is -1.21. The minimum absolute atomic E-state index is 0.00479. The molecule has 2 aliphatic carbocycles. The van der Waals surface area contributed by atoms with E-state index in [9.17, 15) is 14.4 Å². The first-order chi connectivity index (χ1) is 17.0. The third-order valence-corrected chi connectivity index (χ3v) is 7.18. The summed E-state index contributed by atoms with van der Waals surface area (Å²) in [5.41, 5.74) is 4.66. The van der Waals surface area contributed by atoms with Crippen molar-refractivity contribution in [3.63, 3.8) is 0 Å². The number of alkyl carbamates (subject to hydrolysis) is 1. The Kier molecular flexibility index (Phi) is 8.06. The van der Waals surface area contributed by atoms with Crippen LogP contribution in [0, 0.1) is 5.92 Å². The summed E-state index contributed by atoms with van der Waals surface area (Å²) < 4.78 is 5.64. The van der Waals surface area contributed by atoms with E-state index in [1.807, 2.05) is 31.2 Å². The molecule has 0 saturated heterocycles. The Morgan fingerprint density at radius 2 is 1.57 bits per heavy atom. The van der Waals surface area contributed by atoms with E-state index in [4.69, 9.17) is 9.84 Å². The number of carbonyl (C=O) groups is 3. The summed E-state index contributed by atoms with van der Waals surface area (Å²) in [6, 6.07) is 16.1. The van der Waals surface area contributed by atoms with E-state index < -0.39 is 12.1 Å². The monoisotopic (exact) mass is 478 g/mol. The molecule has 186 valence electrons. The second-order valence-corrected chi connectivity index (χ2v) is 9.61. The minimum atomic E-state index is -0.759. The third-order valence-electron chi connectivity index (χ3n) is 7.18. The molecule has 7 heteroatoms. The number of hydrogen-bond donors (Lipinski definition) is 3. The second-order valence-electron chi connectivity index (χ2n) is 9.61. The van der Waals surface area contributed by atoms with Gasteiger partial charge in [0, 0.05) is 24.4 Å². The molecule has 0 aromatic heterocycles. The van der Waals surface area contributed by atoms with Gasteiger partial charge in [-0.25, -0.2) is 4.79 Å². The zero-order valence-corrected chi connectivity index (χ0v) is 20.2. The molecule has 0 heterocycles. The van der Waals surface area contributed by atoms with E-state index in [1.165, 1.54) is 11.1 Å². The van der Waals surface area contributed by atoms with Crippen LogP contribution in [0.5, 0.6) is 0 Å². The van der Waals surface area contributed by atoms with Crippen LogP contribution in [0.2, 0.25) is 0 Å². The van der Waals surface area contributed by atoms with E-state index >= 15 is 0 Å². The van der Waals surface area contributed by atoms with Crippen LogP contribution in [0.25, 0.3) is 11.1 Å². The van der Waals surface area contributed by atoms with Crippen LogP contribution in [0.3, 0.4) is 0 Å². The van der Waals surface area contributed by atoms with Gasteiger partial charge in [-0.3, -0.25) is 9.59 Å². The fourth-order valence-electron chi connectivity index (χ4n) is 5.38. The molecule has 2 aliphatic rings. The second kappa shape index (κ2) is 11.4. The van der Waals surface area contributed by atoms with Crippen molar-refractivity contribution in [3.05, 3.63) is 59.7 Å². The lowest BCUT2D eigenvalue weighted by Crippen LogP contribution is -2.43. The fourth-order valence-corrected chi connectivity index (χ4v) is 5.38. The van der Waals surface area contributed by atoms with Gasteiger partial charge in [0.25, 0.3) is 0 Å². The normalized spacial score (nSPS) is 19.8. The molecular formula is C28H34N2O5. The Morgan fingerprint density at radius 1 is 0.971 bits per heavy atom. The van der Waals surface area contributed by atoms with Crippen molar-refractivity contribution >= 4 is 18.0 Å². The van der Waals surface area contributed by atoms with Gasteiger partial charge in [0.05, 0.1) is 5.92 Å². The number of rotatable bonds is 9. The van der Waals surface area contributed by atoms with E-state index in [1.54, 1.807) is 0 Å². The summed E-state index contributed by atoms with van der Waals surface area (Å²) in [5, 5.41) is 15.0. The summed E-state index contributed by atoms with van der Waals surface area (Å²) in [7, 11) is 0. The quantitative estimate of drug-likeness (QED) is 0.478. The molecule has 0 spiro atoms. The lowest BCUT2D eigenvalue weighted by atomic mass is 9.86. The van der Waals surface area contributed by atoms with Crippen LogP contribution in [0.1, 0.15) is 68.9 Å². The van der Waals surface area contributed by atoms with Crippen LogP contribution >= 0.6 is 0 Å². The highest BCUT2D eigenvalue weighted by atomic mass is 16.5. The van der Waals surface area contributed by atoms with Gasteiger partial charge in [0.1, 0.15) is 6.61 Å². The average Bonchev–Trinajstić information content (AvgIpc) is 3.17. The molecule has 1 unspecified atom stereocenters. The van der Waals surface area contributed by atoms with E-state index in [0.717, 1.165) is 17.5 Å². The molecule has 1 atom stereocenters. The zero-order chi connectivity index (χ0) is 24.8. The average molecular weight is 479 g/mol. The number of carboxylic acid groups (broad SMARTS) is 1. The Labute approximate surface area is 206 Å². The first-order valence-corrected chi connectivity index (χ1v) is 12.6. The lowest BCUT2D eigenvalue weighted by molar-refractivity contribution is -0.142. The molecule has 0 radical (unpaired) electrons. The number of nitrogens with one attached hydrogen (secondary N) is 2. The number of hydrogen-bond acceptors (Lipinski definition) is 4. The SMILES string of the molecule is CCCC(CC(=O)NC1CCC(C(=O)O)CC1)NC(=O)OCC1c2ccccc2-c2ccccc21. The topological polar surface area (TPSA) is 105 Å². The van der Waals surface area contributed by atoms with E-state index in [-0.39, 0.29) is 42.9 Å². The Bertz CT molecular complexity index is 1020. The molecule has 35 heavy (non-hydrogen) atoms. The van der Waals surface area contributed by atoms with Crippen molar-refractivity contribution in [1.82, 2.24) is 10.6 Å². The third kappa shape index (κ3) is 6.02. The van der Waals surface area contributed by atoms with Crippen molar-refractivity contribution in [3.8, 4) is 11.1 Å². The maximum Gasteiger partial charge on any atom is 0.407 e. The van der Waals surface area contributed by atoms with Gasteiger partial charge in [-0.2, -0.15) is 0 Å². The first-order valence-electron chi connectivity index (χ1n) is 12.6. The maximum atomic E-state index is 12.7. The smallest absolute Gasteiger partial charge is 0.407 e. The Morgan fingerprint density at radius 3 is 2.14 bits per heavy atom. The van der Waals surface area contributed by atoms with Crippen molar-refractivity contribution in [2.24, 2.45) is 5.92 Å². The van der Waals surface area contributed by atoms with Crippen LogP contribution in [0.4, 0.5) is 4.79 Å². The number of aliphatic carboxylic acids is 1. The molecule has 1 fully saturated rings. The van der Waals surface area contributed by atoms with Crippen molar-refractivity contribution in [2.75, 3.05) is 6.61 Å². The molecule has 2 aromatic rings. The highest BCUT2D eigenvalue weighted by Crippen LogP contribution is 2.44. The molecule has 2 amide bonds. The molecule has 0 aliphatic heterocycles. The van der Waals surface area contributed by atoms with E-state index in [0.29, 0.717) is 32.1 Å². The predicted octanol–water partition coefficient (Wildman–Crippen LogP) is 4.84. The zero-order valence-electron chi connectivity index (χ0n) is 20.2. The van der Waals surface area contributed by atoms with Gasteiger partial charge >= 0.3 is 12.1 Å². The van der Waals surface area contributed by atoms with Crippen LogP contribution in [0.15, 0.2) is 48.5 Å². The van der Waals surface area contributed by atoms with E-state index in [2.05, 4.69) is 34.9 Å². The number of fused-ring (bicyclic) bond motifs is 3. The van der Waals surface area contributed by atoms with Gasteiger partial charge in [-0.05, 0) is 54.4 Å². The van der Waals surface area contributed by atoms with Gasteiger partial charge in [-0.1, -0.05) is 61.9 Å². The number of carboxylic acids is 1. The number of amides is 2. The van der Waals surface area contributed by atoms with Crippen LogP contribution < -0.4 is 10.6 Å². The molecule has 7 nitrogen and oxygen atoms in total. The highest BCUT2D eigenvalue weighted by Gasteiger charge is 2.30. The largest absolute Gasteiger partial charge is 0.481 e. The Hall–Kier alpha value is -3.35. The standard InChI is InChI=1S/C28H34N2O5/c1-2-7-20(16-26(31)29-19-14-12-18(13-15-19)27(32)33)30-28(34)35-17-25-23-10-5-3-8-21(23)22-9-4-6-11-24(22)25/h3-6,8-11,18-20,25H,2,7,12-17H2,1H3,(H,29,31)(H,30,34)(H,32,33).